The smallest absolute Gasteiger partial charge is 0.264 e. The number of amides is 7. The molecule has 8 heterocycles. The molecule has 65 heavy (non-hydrogen) atoms. The number of imide groups is 2. The van der Waals surface area contributed by atoms with E-state index in [1.54, 1.807) is 34.9 Å². The molecule has 342 valence electrons. The van der Waals surface area contributed by atoms with Crippen molar-refractivity contribution < 1.29 is 42.3 Å². The largest absolute Gasteiger partial charge is 0.341 e. The first kappa shape index (κ1) is 42.8. The Hall–Kier alpha value is -6.08. The van der Waals surface area contributed by atoms with E-state index in [-0.39, 0.29) is 65.4 Å². The number of anilines is 2. The minimum Gasteiger partial charge on any atom is -0.341 e. The number of rotatable bonds is 7. The predicted octanol–water partition coefficient (Wildman–Crippen LogP) is 2.78. The van der Waals surface area contributed by atoms with Crippen molar-refractivity contribution in [3.05, 3.63) is 74.5 Å². The first-order valence-electron chi connectivity index (χ1n) is 22.7. The lowest BCUT2D eigenvalue weighted by molar-refractivity contribution is -0.136. The number of hydrogen-bond acceptors (Lipinski definition) is 11. The Morgan fingerprint density at radius 3 is 2.11 bits per heavy atom. The standard InChI is InChI=1S/C46H52F2N10O7/c1-26(59)55-13-9-36-35(24-55)42(56-10-3-4-27-18-32(31(41(47)48)21-38(27)56)44(63)54-16-14-51(2)15-17-54)50-58(36)30-7-11-53(12-8-30)40(61)25-52-22-28-19-33-34(20-29(28)23-52)46(65)57(45(33)64)37-5-6-39(60)49-43(37)62/h18-21,30,37,41H,3-17,22-25H2,1-2H3,(H,49,60,62). The number of halogens is 2. The number of benzene rings is 2. The maximum atomic E-state index is 14.9. The zero-order valence-corrected chi connectivity index (χ0v) is 36.6. The van der Waals surface area contributed by atoms with Gasteiger partial charge in [0.05, 0.1) is 30.3 Å². The van der Waals surface area contributed by atoms with E-state index in [0.29, 0.717) is 109 Å². The minimum atomic E-state index is -2.86. The number of nitrogens with zero attached hydrogens (tertiary/aromatic N) is 9. The lowest BCUT2D eigenvalue weighted by Crippen LogP contribution is -2.54. The molecule has 1 unspecified atom stereocenters. The van der Waals surface area contributed by atoms with Crippen LogP contribution in [-0.4, -0.2) is 153 Å². The van der Waals surface area contributed by atoms with Gasteiger partial charge in [0.15, 0.2) is 5.82 Å². The number of aryl methyl sites for hydroxylation is 1. The Morgan fingerprint density at radius 2 is 1.46 bits per heavy atom. The van der Waals surface area contributed by atoms with Gasteiger partial charge in [-0.2, -0.15) is 5.10 Å². The molecular formula is C46H52F2N10O7. The van der Waals surface area contributed by atoms with Gasteiger partial charge >= 0.3 is 0 Å². The molecular weight excluding hydrogens is 843 g/mol. The van der Waals surface area contributed by atoms with Crippen LogP contribution in [0.2, 0.25) is 0 Å². The van der Waals surface area contributed by atoms with Crippen molar-refractivity contribution in [2.24, 2.45) is 0 Å². The summed E-state index contributed by atoms with van der Waals surface area (Å²) in [6, 6.07) is 5.44. The number of carbonyl (C=O) groups excluding carboxylic acids is 7. The van der Waals surface area contributed by atoms with Crippen molar-refractivity contribution in [3.8, 4) is 0 Å². The van der Waals surface area contributed by atoms with Crippen LogP contribution in [0.3, 0.4) is 0 Å². The first-order valence-corrected chi connectivity index (χ1v) is 22.7. The molecule has 0 spiro atoms. The summed E-state index contributed by atoms with van der Waals surface area (Å²) < 4.78 is 31.8. The first-order chi connectivity index (χ1) is 31.2. The summed E-state index contributed by atoms with van der Waals surface area (Å²) in [6.45, 7) is 7.22. The van der Waals surface area contributed by atoms with Gasteiger partial charge in [-0.3, -0.25) is 53.4 Å². The maximum Gasteiger partial charge on any atom is 0.264 e. The molecule has 2 aromatic carbocycles. The van der Waals surface area contributed by atoms with E-state index in [1.807, 2.05) is 21.7 Å². The molecule has 3 fully saturated rings. The molecule has 7 amide bonds. The van der Waals surface area contributed by atoms with Crippen molar-refractivity contribution in [2.45, 2.75) is 90.0 Å². The highest BCUT2D eigenvalue weighted by atomic mass is 19.3. The van der Waals surface area contributed by atoms with E-state index in [4.69, 9.17) is 5.10 Å². The summed E-state index contributed by atoms with van der Waals surface area (Å²) in [4.78, 5) is 104. The minimum absolute atomic E-state index is 0.0366. The molecule has 10 rings (SSSR count). The normalized spacial score (nSPS) is 21.8. The van der Waals surface area contributed by atoms with Gasteiger partial charge in [0.2, 0.25) is 23.6 Å². The quantitative estimate of drug-likeness (QED) is 0.346. The van der Waals surface area contributed by atoms with Gasteiger partial charge in [0.25, 0.3) is 24.1 Å². The molecule has 3 aromatic rings. The average molecular weight is 895 g/mol. The third-order valence-corrected chi connectivity index (χ3v) is 14.5. The van der Waals surface area contributed by atoms with E-state index in [0.717, 1.165) is 39.3 Å². The van der Waals surface area contributed by atoms with Crippen molar-refractivity contribution >= 4 is 52.9 Å². The van der Waals surface area contributed by atoms with Crippen LogP contribution in [-0.2, 0) is 51.7 Å². The van der Waals surface area contributed by atoms with Gasteiger partial charge in [0.1, 0.15) is 6.04 Å². The molecule has 17 nitrogen and oxygen atoms in total. The van der Waals surface area contributed by atoms with Crippen LogP contribution >= 0.6 is 0 Å². The number of hydrogen-bond donors (Lipinski definition) is 1. The lowest BCUT2D eigenvalue weighted by atomic mass is 9.94. The summed E-state index contributed by atoms with van der Waals surface area (Å²) in [7, 11) is 1.98. The Labute approximate surface area is 374 Å². The van der Waals surface area contributed by atoms with Gasteiger partial charge in [-0.05, 0) is 80.1 Å². The highest BCUT2D eigenvalue weighted by molar-refractivity contribution is 6.23. The van der Waals surface area contributed by atoms with Crippen molar-refractivity contribution in [1.29, 1.82) is 0 Å². The zero-order chi connectivity index (χ0) is 45.4. The van der Waals surface area contributed by atoms with Crippen molar-refractivity contribution in [3.63, 3.8) is 0 Å². The van der Waals surface area contributed by atoms with Gasteiger partial charge < -0.3 is 24.5 Å². The highest BCUT2D eigenvalue weighted by Gasteiger charge is 2.46. The SMILES string of the molecule is CC(=O)N1CCc2c(c(N3CCCc4cc(C(=O)N5CCN(C)CC5)c(C(F)F)cc43)nn2C2CCN(C(=O)CN3Cc4cc5c(cc4C3)C(=O)N(C3CCC(=O)NC3=O)C5=O)CC2)C1. The fraction of sp³-hybridized carbons (Fsp3) is 0.522. The second-order valence-corrected chi connectivity index (χ2v) is 18.5. The molecule has 0 aliphatic carbocycles. The van der Waals surface area contributed by atoms with E-state index >= 15 is 0 Å². The molecule has 1 aromatic heterocycles. The number of piperidine rings is 2. The summed E-state index contributed by atoms with van der Waals surface area (Å²) in [5.74, 6) is -2.05. The molecule has 1 atom stereocenters. The molecule has 0 radical (unpaired) electrons. The number of aromatic nitrogens is 2. The molecule has 0 bridgehead atoms. The second kappa shape index (κ2) is 16.7. The summed E-state index contributed by atoms with van der Waals surface area (Å²) in [6.07, 6.45) is 0.474. The Bertz CT molecular complexity index is 2500. The third kappa shape index (κ3) is 7.64. The van der Waals surface area contributed by atoms with Crippen LogP contribution in [0.15, 0.2) is 24.3 Å². The second-order valence-electron chi connectivity index (χ2n) is 18.5. The molecule has 1 N–H and O–H groups in total. The highest BCUT2D eigenvalue weighted by Crippen LogP contribution is 2.42. The summed E-state index contributed by atoms with van der Waals surface area (Å²) in [5, 5.41) is 7.45. The average Bonchev–Trinajstić information content (AvgIpc) is 3.95. The number of carbonyl (C=O) groups is 7. The molecule has 0 saturated carbocycles. The lowest BCUT2D eigenvalue weighted by Gasteiger charge is -2.35. The molecule has 19 heteroatoms. The van der Waals surface area contributed by atoms with Crippen LogP contribution in [0.4, 0.5) is 20.3 Å². The maximum absolute atomic E-state index is 14.9. The fourth-order valence-corrected chi connectivity index (χ4v) is 10.8. The van der Waals surface area contributed by atoms with Gasteiger partial charge in [-0.25, -0.2) is 8.78 Å². The van der Waals surface area contributed by atoms with Crippen LogP contribution in [0.1, 0.15) is 116 Å². The monoisotopic (exact) mass is 894 g/mol. The van der Waals surface area contributed by atoms with Crippen LogP contribution < -0.4 is 10.2 Å². The third-order valence-electron chi connectivity index (χ3n) is 14.5. The summed E-state index contributed by atoms with van der Waals surface area (Å²) in [5.41, 5.74) is 5.19. The Kier molecular flexibility index (Phi) is 11.0. The molecule has 7 aliphatic heterocycles. The topological polar surface area (TPSA) is 172 Å². The zero-order valence-electron chi connectivity index (χ0n) is 36.6. The van der Waals surface area contributed by atoms with E-state index < -0.39 is 36.1 Å². The van der Waals surface area contributed by atoms with Crippen molar-refractivity contribution in [2.75, 3.05) is 70.9 Å². The number of piperazine rings is 1. The van der Waals surface area contributed by atoms with E-state index in [2.05, 4.69) is 14.9 Å². The number of nitrogens with one attached hydrogen (secondary N) is 1. The Morgan fingerprint density at radius 1 is 0.769 bits per heavy atom. The van der Waals surface area contributed by atoms with Crippen LogP contribution in [0, 0.1) is 0 Å². The van der Waals surface area contributed by atoms with Crippen LogP contribution in [0.5, 0.6) is 0 Å². The van der Waals surface area contributed by atoms with Crippen molar-refractivity contribution in [1.82, 2.24) is 44.5 Å². The van der Waals surface area contributed by atoms with Gasteiger partial charge in [-0.15, -0.1) is 0 Å². The number of alkyl halides is 2. The fourth-order valence-electron chi connectivity index (χ4n) is 10.8. The number of likely N-dealkylation sites (tertiary alicyclic amines) is 1. The molecule has 7 aliphatic rings. The Balaban J connectivity index is 0.833. The van der Waals surface area contributed by atoms with Crippen LogP contribution in [0.25, 0.3) is 0 Å². The van der Waals surface area contributed by atoms with E-state index in [9.17, 15) is 42.3 Å². The van der Waals surface area contributed by atoms with E-state index in [1.165, 1.54) is 6.07 Å². The summed E-state index contributed by atoms with van der Waals surface area (Å²) >= 11 is 0. The predicted molar refractivity (Wildman–Crippen MR) is 229 cm³/mol. The van der Waals surface area contributed by atoms with Gasteiger partial charge in [-0.1, -0.05) is 0 Å². The number of likely N-dealkylation sites (N-methyl/N-ethyl adjacent to an activating group) is 1. The number of fused-ring (bicyclic) bond motifs is 4. The molecule has 3 saturated heterocycles. The van der Waals surface area contributed by atoms with Gasteiger partial charge in [0, 0.05) is 113 Å².